The fourth-order valence-electron chi connectivity index (χ4n) is 3.46. The average molecular weight is 325 g/mol. The van der Waals surface area contributed by atoms with Gasteiger partial charge in [0.2, 0.25) is 10.0 Å². The summed E-state index contributed by atoms with van der Waals surface area (Å²) in [6.45, 7) is 0.367. The van der Waals surface area contributed by atoms with E-state index in [1.807, 2.05) is 0 Å². The summed E-state index contributed by atoms with van der Waals surface area (Å²) in [6, 6.07) is -0.243. The summed E-state index contributed by atoms with van der Waals surface area (Å²) in [5.41, 5.74) is 0. The van der Waals surface area contributed by atoms with E-state index in [1.165, 1.54) is 4.31 Å². The molecule has 0 aromatic carbocycles. The zero-order valence-electron chi connectivity index (χ0n) is 11.7. The molecule has 3 unspecified atom stereocenters. The van der Waals surface area contributed by atoms with Crippen LogP contribution in [0, 0.1) is 5.92 Å². The number of piperidine rings is 1. The maximum Gasteiger partial charge on any atom is 0.228 e. The second-order valence-electron chi connectivity index (χ2n) is 5.99. The van der Waals surface area contributed by atoms with E-state index in [0.717, 1.165) is 31.9 Å². The highest BCUT2D eigenvalue weighted by atomic mass is 32.3. The van der Waals surface area contributed by atoms with Gasteiger partial charge >= 0.3 is 0 Å². The van der Waals surface area contributed by atoms with Gasteiger partial charge in [-0.2, -0.15) is 4.31 Å². The van der Waals surface area contributed by atoms with Crippen LogP contribution in [0.2, 0.25) is 0 Å². The Bertz CT molecular complexity index is 542. The van der Waals surface area contributed by atoms with Crippen LogP contribution in [0.1, 0.15) is 38.5 Å². The lowest BCUT2D eigenvalue weighted by Crippen LogP contribution is -2.50. The van der Waals surface area contributed by atoms with Crippen molar-refractivity contribution >= 4 is 19.9 Å². The summed E-state index contributed by atoms with van der Waals surface area (Å²) in [6.07, 6.45) is 5.30. The molecule has 2 aliphatic rings. The molecule has 0 aromatic heterocycles. The van der Waals surface area contributed by atoms with Crippen molar-refractivity contribution in [1.82, 2.24) is 4.31 Å². The Morgan fingerprint density at radius 2 is 1.75 bits per heavy atom. The van der Waals surface area contributed by atoms with Crippen LogP contribution in [-0.4, -0.2) is 56.3 Å². The van der Waals surface area contributed by atoms with Crippen LogP contribution in [0.5, 0.6) is 0 Å². The number of aliphatic hydroxyl groups is 1. The first-order valence-electron chi connectivity index (χ1n) is 7.06. The summed E-state index contributed by atoms with van der Waals surface area (Å²) in [5.74, 6) is -0.0513. The van der Waals surface area contributed by atoms with Crippen molar-refractivity contribution in [3.63, 3.8) is 0 Å². The van der Waals surface area contributed by atoms with Crippen molar-refractivity contribution in [3.8, 4) is 0 Å². The van der Waals surface area contributed by atoms with E-state index in [4.69, 9.17) is 0 Å². The Morgan fingerprint density at radius 3 is 2.30 bits per heavy atom. The summed E-state index contributed by atoms with van der Waals surface area (Å²) >= 11 is 0. The third kappa shape index (κ3) is 3.72. The minimum absolute atomic E-state index is 0.0513. The zero-order chi connectivity index (χ0) is 15.0. The Balaban J connectivity index is 2.22. The average Bonchev–Trinajstić information content (AvgIpc) is 2.72. The molecule has 6 nitrogen and oxygen atoms in total. The van der Waals surface area contributed by atoms with E-state index in [9.17, 15) is 21.9 Å². The highest BCUT2D eigenvalue weighted by molar-refractivity contribution is 8.06. The molecule has 20 heavy (non-hydrogen) atoms. The molecule has 0 spiro atoms. The number of hydrogen-bond acceptors (Lipinski definition) is 5. The molecule has 0 aromatic rings. The van der Waals surface area contributed by atoms with Crippen molar-refractivity contribution < 1.29 is 21.9 Å². The van der Waals surface area contributed by atoms with Gasteiger partial charge in [0.25, 0.3) is 0 Å². The van der Waals surface area contributed by atoms with Crippen molar-refractivity contribution in [2.45, 2.75) is 50.7 Å². The summed E-state index contributed by atoms with van der Waals surface area (Å²) < 4.78 is 48.7. The van der Waals surface area contributed by atoms with Gasteiger partial charge in [0, 0.05) is 24.8 Å². The molecule has 0 radical (unpaired) electrons. The molecule has 0 bridgehead atoms. The Hall–Kier alpha value is -0.180. The van der Waals surface area contributed by atoms with Gasteiger partial charge in [0.05, 0.1) is 6.10 Å². The second kappa shape index (κ2) is 5.90. The normalized spacial score (nSPS) is 33.4. The zero-order valence-corrected chi connectivity index (χ0v) is 13.4. The van der Waals surface area contributed by atoms with Gasteiger partial charge in [0.1, 0.15) is 0 Å². The fraction of sp³-hybridized carbons (Fsp3) is 1.00. The minimum atomic E-state index is -3.82. The number of aliphatic hydroxyl groups excluding tert-OH is 1. The third-order valence-electron chi connectivity index (χ3n) is 4.24. The molecule has 1 saturated heterocycles. The third-order valence-corrected chi connectivity index (χ3v) is 8.32. The molecule has 118 valence electrons. The van der Waals surface area contributed by atoms with Crippen LogP contribution in [0.4, 0.5) is 0 Å². The number of sulfone groups is 1. The number of hydrogen-bond donors (Lipinski definition) is 1. The molecule has 2 rings (SSSR count). The molecular weight excluding hydrogens is 302 g/mol. The molecule has 1 saturated carbocycles. The molecule has 2 fully saturated rings. The van der Waals surface area contributed by atoms with Crippen LogP contribution in [0.25, 0.3) is 0 Å². The molecule has 1 N–H and O–H groups in total. The first-order valence-corrected chi connectivity index (χ1v) is 10.7. The minimum Gasteiger partial charge on any atom is -0.393 e. The van der Waals surface area contributed by atoms with Crippen molar-refractivity contribution in [2.24, 2.45) is 5.92 Å². The van der Waals surface area contributed by atoms with E-state index in [0.29, 0.717) is 19.4 Å². The molecule has 1 heterocycles. The van der Waals surface area contributed by atoms with E-state index >= 15 is 0 Å². The Labute approximate surface area is 121 Å². The van der Waals surface area contributed by atoms with Gasteiger partial charge in [-0.15, -0.1) is 0 Å². The maximum atomic E-state index is 12.3. The van der Waals surface area contributed by atoms with Gasteiger partial charge < -0.3 is 5.11 Å². The maximum absolute atomic E-state index is 12.3. The number of rotatable bonds is 4. The number of sulfonamides is 1. The van der Waals surface area contributed by atoms with Crippen LogP contribution >= 0.6 is 0 Å². The summed E-state index contributed by atoms with van der Waals surface area (Å²) in [5, 5.41) is 9.18. The second-order valence-corrected chi connectivity index (χ2v) is 10.4. The number of nitrogens with zero attached hydrogens (tertiary/aromatic N) is 1. The van der Waals surface area contributed by atoms with Gasteiger partial charge in [-0.1, -0.05) is 12.8 Å². The van der Waals surface area contributed by atoms with Crippen molar-refractivity contribution in [2.75, 3.05) is 17.9 Å². The lowest BCUT2D eigenvalue weighted by atomic mass is 9.89. The molecule has 0 amide bonds. The Kier molecular flexibility index (Phi) is 4.78. The predicted octanol–water partition coefficient (Wildman–Crippen LogP) is 0.334. The highest BCUT2D eigenvalue weighted by Crippen LogP contribution is 2.36. The lowest BCUT2D eigenvalue weighted by Gasteiger charge is -2.39. The van der Waals surface area contributed by atoms with Crippen LogP contribution in [-0.2, 0) is 19.9 Å². The largest absolute Gasteiger partial charge is 0.393 e. The molecule has 8 heteroatoms. The molecule has 1 aliphatic heterocycles. The quantitative estimate of drug-likeness (QED) is 0.804. The monoisotopic (exact) mass is 325 g/mol. The summed E-state index contributed by atoms with van der Waals surface area (Å²) in [7, 11) is -7.40. The SMILES string of the molecule is CS(=O)(=O)CS(=O)(=O)N1CCCCC1C1CCCC1O. The highest BCUT2D eigenvalue weighted by Gasteiger charge is 2.42. The van der Waals surface area contributed by atoms with E-state index in [-0.39, 0.29) is 12.0 Å². The van der Waals surface area contributed by atoms with Gasteiger partial charge in [0.15, 0.2) is 14.9 Å². The van der Waals surface area contributed by atoms with Crippen LogP contribution < -0.4 is 0 Å². The molecule has 3 atom stereocenters. The topological polar surface area (TPSA) is 91.8 Å². The summed E-state index contributed by atoms with van der Waals surface area (Å²) in [4.78, 5) is 0. The Morgan fingerprint density at radius 1 is 1.05 bits per heavy atom. The first-order chi connectivity index (χ1) is 9.21. The smallest absolute Gasteiger partial charge is 0.228 e. The van der Waals surface area contributed by atoms with Crippen molar-refractivity contribution in [3.05, 3.63) is 0 Å². The van der Waals surface area contributed by atoms with Gasteiger partial charge in [-0.3, -0.25) is 0 Å². The fourth-order valence-corrected chi connectivity index (χ4v) is 7.25. The van der Waals surface area contributed by atoms with Gasteiger partial charge in [-0.25, -0.2) is 16.8 Å². The van der Waals surface area contributed by atoms with Crippen LogP contribution in [0.15, 0.2) is 0 Å². The molecule has 1 aliphatic carbocycles. The standard InChI is InChI=1S/C12H23NO5S2/c1-19(15,16)9-20(17,18)13-8-3-2-6-11(13)10-5-4-7-12(10)14/h10-12,14H,2-9H2,1H3. The first kappa shape index (κ1) is 16.2. The van der Waals surface area contributed by atoms with Crippen molar-refractivity contribution in [1.29, 1.82) is 0 Å². The predicted molar refractivity (Wildman–Crippen MR) is 76.3 cm³/mol. The molecular formula is C12H23NO5S2. The van der Waals surface area contributed by atoms with E-state index < -0.39 is 31.0 Å². The van der Waals surface area contributed by atoms with Crippen LogP contribution in [0.3, 0.4) is 0 Å². The lowest BCUT2D eigenvalue weighted by molar-refractivity contribution is 0.0725. The van der Waals surface area contributed by atoms with E-state index in [2.05, 4.69) is 0 Å². The van der Waals surface area contributed by atoms with E-state index in [1.54, 1.807) is 0 Å². The van der Waals surface area contributed by atoms with Gasteiger partial charge in [-0.05, 0) is 25.7 Å².